The minimum absolute atomic E-state index is 0.0641. The SMILES string of the molecule is O=C(c1cccc(-c2ncc[nH]2)c1)N1CCC[C@@H](c2nc3ccccc3[nH]2)C1. The molecule has 6 nitrogen and oxygen atoms in total. The first-order valence-electron chi connectivity index (χ1n) is 9.62. The van der Waals surface area contributed by atoms with Gasteiger partial charge in [0.25, 0.3) is 5.91 Å². The molecule has 6 heteroatoms. The molecule has 140 valence electrons. The number of aromatic amines is 2. The molecule has 1 amide bonds. The number of hydrogen-bond donors (Lipinski definition) is 2. The number of para-hydroxylation sites is 2. The summed E-state index contributed by atoms with van der Waals surface area (Å²) in [6, 6.07) is 15.7. The van der Waals surface area contributed by atoms with E-state index in [1.54, 1.807) is 12.4 Å². The van der Waals surface area contributed by atoms with Gasteiger partial charge in [-0.3, -0.25) is 4.79 Å². The molecular weight excluding hydrogens is 350 g/mol. The van der Waals surface area contributed by atoms with Crippen molar-refractivity contribution in [1.29, 1.82) is 0 Å². The molecule has 0 bridgehead atoms. The fourth-order valence-corrected chi connectivity index (χ4v) is 3.96. The number of rotatable bonds is 3. The fourth-order valence-electron chi connectivity index (χ4n) is 3.96. The van der Waals surface area contributed by atoms with Gasteiger partial charge in [-0.15, -0.1) is 0 Å². The van der Waals surface area contributed by atoms with Gasteiger partial charge in [0.1, 0.15) is 11.6 Å². The van der Waals surface area contributed by atoms with Crippen LogP contribution in [0.4, 0.5) is 0 Å². The van der Waals surface area contributed by atoms with Crippen molar-refractivity contribution in [3.05, 3.63) is 72.3 Å². The Balaban J connectivity index is 1.37. The topological polar surface area (TPSA) is 77.7 Å². The molecule has 28 heavy (non-hydrogen) atoms. The number of amides is 1. The van der Waals surface area contributed by atoms with Crippen LogP contribution in [0.2, 0.25) is 0 Å². The van der Waals surface area contributed by atoms with E-state index in [0.29, 0.717) is 12.1 Å². The van der Waals surface area contributed by atoms with E-state index >= 15 is 0 Å². The van der Waals surface area contributed by atoms with E-state index in [2.05, 4.69) is 15.0 Å². The maximum absolute atomic E-state index is 13.1. The molecule has 2 N–H and O–H groups in total. The van der Waals surface area contributed by atoms with E-state index in [0.717, 1.165) is 47.6 Å². The number of fused-ring (bicyclic) bond motifs is 1. The second kappa shape index (κ2) is 6.96. The van der Waals surface area contributed by atoms with Gasteiger partial charge in [0.05, 0.1) is 11.0 Å². The van der Waals surface area contributed by atoms with E-state index in [4.69, 9.17) is 4.98 Å². The summed E-state index contributed by atoms with van der Waals surface area (Å²) in [7, 11) is 0. The second-order valence-electron chi connectivity index (χ2n) is 7.25. The van der Waals surface area contributed by atoms with Gasteiger partial charge in [0.2, 0.25) is 0 Å². The van der Waals surface area contributed by atoms with Gasteiger partial charge in [0, 0.05) is 42.5 Å². The molecule has 1 fully saturated rings. The van der Waals surface area contributed by atoms with Gasteiger partial charge in [-0.05, 0) is 37.1 Å². The summed E-state index contributed by atoms with van der Waals surface area (Å²) >= 11 is 0. The number of likely N-dealkylation sites (tertiary alicyclic amines) is 1. The molecule has 0 radical (unpaired) electrons. The molecule has 2 aromatic carbocycles. The predicted molar refractivity (Wildman–Crippen MR) is 108 cm³/mol. The first-order valence-corrected chi connectivity index (χ1v) is 9.62. The van der Waals surface area contributed by atoms with E-state index in [9.17, 15) is 4.79 Å². The number of piperidine rings is 1. The Morgan fingerprint density at radius 3 is 2.93 bits per heavy atom. The van der Waals surface area contributed by atoms with E-state index in [1.165, 1.54) is 0 Å². The zero-order valence-electron chi connectivity index (χ0n) is 15.4. The summed E-state index contributed by atoms with van der Waals surface area (Å²) in [5.41, 5.74) is 3.64. The second-order valence-corrected chi connectivity index (χ2v) is 7.25. The molecule has 0 unspecified atom stereocenters. The third-order valence-electron chi connectivity index (χ3n) is 5.38. The number of nitrogens with zero attached hydrogens (tertiary/aromatic N) is 3. The fraction of sp³-hybridized carbons (Fsp3) is 0.227. The van der Waals surface area contributed by atoms with Gasteiger partial charge in [-0.25, -0.2) is 9.97 Å². The molecule has 0 spiro atoms. The summed E-state index contributed by atoms with van der Waals surface area (Å²) in [4.78, 5) is 30.6. The maximum Gasteiger partial charge on any atom is 0.253 e. The van der Waals surface area contributed by atoms with Crippen LogP contribution in [0.15, 0.2) is 60.9 Å². The standard InChI is InChI=1S/C22H21N5O/c28-22(16-6-3-5-15(13-16)20-23-10-11-24-20)27-12-4-7-17(14-27)21-25-18-8-1-2-9-19(18)26-21/h1-3,5-6,8-11,13,17H,4,7,12,14H2,(H,23,24)(H,25,26)/t17-/m1/s1. The molecule has 3 heterocycles. The van der Waals surface area contributed by atoms with Crippen LogP contribution < -0.4 is 0 Å². The van der Waals surface area contributed by atoms with Crippen molar-refractivity contribution in [2.24, 2.45) is 0 Å². The van der Waals surface area contributed by atoms with Gasteiger partial charge in [-0.1, -0.05) is 24.3 Å². The molecule has 0 aliphatic carbocycles. The van der Waals surface area contributed by atoms with Crippen LogP contribution in [0.25, 0.3) is 22.4 Å². The van der Waals surface area contributed by atoms with Crippen LogP contribution in [0, 0.1) is 0 Å². The van der Waals surface area contributed by atoms with Crippen molar-refractivity contribution >= 4 is 16.9 Å². The number of aromatic nitrogens is 4. The summed E-state index contributed by atoms with van der Waals surface area (Å²) < 4.78 is 0. The Kier molecular flexibility index (Phi) is 4.16. The third kappa shape index (κ3) is 3.07. The number of benzene rings is 2. The van der Waals surface area contributed by atoms with Gasteiger partial charge in [0.15, 0.2) is 0 Å². The Bertz CT molecular complexity index is 1080. The minimum Gasteiger partial charge on any atom is -0.345 e. The molecule has 0 saturated carbocycles. The van der Waals surface area contributed by atoms with Crippen LogP contribution >= 0.6 is 0 Å². The lowest BCUT2D eigenvalue weighted by molar-refractivity contribution is 0.0705. The molecule has 2 aromatic heterocycles. The number of carbonyl (C=O) groups is 1. The summed E-state index contributed by atoms with van der Waals surface area (Å²) in [5, 5.41) is 0. The van der Waals surface area contributed by atoms with Crippen molar-refractivity contribution < 1.29 is 4.79 Å². The highest BCUT2D eigenvalue weighted by molar-refractivity contribution is 5.95. The Morgan fingerprint density at radius 2 is 2.07 bits per heavy atom. The lowest BCUT2D eigenvalue weighted by Crippen LogP contribution is -2.39. The van der Waals surface area contributed by atoms with Crippen molar-refractivity contribution in [2.45, 2.75) is 18.8 Å². The molecule has 1 aliphatic heterocycles. The van der Waals surface area contributed by atoms with Crippen molar-refractivity contribution in [2.75, 3.05) is 13.1 Å². The summed E-state index contributed by atoms with van der Waals surface area (Å²) in [6.45, 7) is 1.46. The molecule has 4 aromatic rings. The zero-order chi connectivity index (χ0) is 18.9. The summed E-state index contributed by atoms with van der Waals surface area (Å²) in [6.07, 6.45) is 5.51. The predicted octanol–water partition coefficient (Wildman–Crippen LogP) is 3.97. The van der Waals surface area contributed by atoms with Gasteiger partial charge in [-0.2, -0.15) is 0 Å². The van der Waals surface area contributed by atoms with Crippen LogP contribution in [0.1, 0.15) is 34.9 Å². The first kappa shape index (κ1) is 16.7. The quantitative estimate of drug-likeness (QED) is 0.572. The number of imidazole rings is 2. The largest absolute Gasteiger partial charge is 0.345 e. The van der Waals surface area contributed by atoms with Crippen LogP contribution in [-0.4, -0.2) is 43.8 Å². The highest BCUT2D eigenvalue weighted by Gasteiger charge is 2.27. The number of carbonyl (C=O) groups excluding carboxylic acids is 1. The normalized spacial score (nSPS) is 17.1. The Labute approximate surface area is 162 Å². The van der Waals surface area contributed by atoms with Crippen molar-refractivity contribution in [1.82, 2.24) is 24.8 Å². The monoisotopic (exact) mass is 371 g/mol. The smallest absolute Gasteiger partial charge is 0.253 e. The number of H-pyrrole nitrogens is 2. The summed E-state index contributed by atoms with van der Waals surface area (Å²) in [5.74, 6) is 2.05. The highest BCUT2D eigenvalue weighted by Crippen LogP contribution is 2.28. The van der Waals surface area contributed by atoms with Crippen molar-refractivity contribution in [3.8, 4) is 11.4 Å². The van der Waals surface area contributed by atoms with E-state index < -0.39 is 0 Å². The number of nitrogens with one attached hydrogen (secondary N) is 2. The van der Waals surface area contributed by atoms with Crippen LogP contribution in [0.3, 0.4) is 0 Å². The van der Waals surface area contributed by atoms with E-state index in [-0.39, 0.29) is 11.8 Å². The maximum atomic E-state index is 13.1. The van der Waals surface area contributed by atoms with Gasteiger partial charge < -0.3 is 14.9 Å². The van der Waals surface area contributed by atoms with E-state index in [1.807, 2.05) is 53.4 Å². The zero-order valence-corrected chi connectivity index (χ0v) is 15.4. The van der Waals surface area contributed by atoms with Crippen LogP contribution in [0.5, 0.6) is 0 Å². The third-order valence-corrected chi connectivity index (χ3v) is 5.38. The average molecular weight is 371 g/mol. The van der Waals surface area contributed by atoms with Crippen LogP contribution in [-0.2, 0) is 0 Å². The first-order chi connectivity index (χ1) is 13.8. The lowest BCUT2D eigenvalue weighted by Gasteiger charge is -2.32. The van der Waals surface area contributed by atoms with Gasteiger partial charge >= 0.3 is 0 Å². The number of hydrogen-bond acceptors (Lipinski definition) is 3. The average Bonchev–Trinajstić information content (AvgIpc) is 3.43. The highest BCUT2D eigenvalue weighted by atomic mass is 16.2. The minimum atomic E-state index is 0.0641. The van der Waals surface area contributed by atoms with Crippen molar-refractivity contribution in [3.63, 3.8) is 0 Å². The molecule has 1 aliphatic rings. The Morgan fingerprint density at radius 1 is 1.14 bits per heavy atom. The lowest BCUT2D eigenvalue weighted by atomic mass is 9.96. The Hall–Kier alpha value is -3.41. The molecule has 1 atom stereocenters. The molecule has 5 rings (SSSR count). The molecule has 1 saturated heterocycles. The molecular formula is C22H21N5O.